The van der Waals surface area contributed by atoms with Crippen LogP contribution >= 0.6 is 11.3 Å². The molecule has 1 aromatic rings. The first-order valence-electron chi connectivity index (χ1n) is 7.79. The van der Waals surface area contributed by atoms with Crippen molar-refractivity contribution in [1.82, 2.24) is 14.8 Å². The molecule has 1 aliphatic rings. The Morgan fingerprint density at radius 3 is 2.40 bits per heavy atom. The predicted molar refractivity (Wildman–Crippen MR) is 84.3 cm³/mol. The topological polar surface area (TPSA) is 39.6 Å². The summed E-state index contributed by atoms with van der Waals surface area (Å²) in [5, 5.41) is 10.6. The Morgan fingerprint density at radius 1 is 1.10 bits per heavy atom. The molecule has 0 amide bonds. The summed E-state index contributed by atoms with van der Waals surface area (Å²) >= 11 is 1.69. The second-order valence-electron chi connectivity index (χ2n) is 5.41. The van der Waals surface area contributed by atoms with Gasteiger partial charge in [-0.15, -0.1) is 11.3 Å². The van der Waals surface area contributed by atoms with Gasteiger partial charge in [-0.3, -0.25) is 0 Å². The standard InChI is InChI=1S/C15H27N3OS/c1-3-5-13-14(12-19)20-15(16-13)6-7-18-10-8-17(4-2)9-11-18/h19H,3-12H2,1-2H3. The lowest BCUT2D eigenvalue weighted by Gasteiger charge is -2.33. The molecule has 0 spiro atoms. The van der Waals surface area contributed by atoms with Gasteiger partial charge in [-0.05, 0) is 13.0 Å². The molecule has 1 N–H and O–H groups in total. The van der Waals surface area contributed by atoms with Crippen molar-refractivity contribution in [3.05, 3.63) is 15.6 Å². The van der Waals surface area contributed by atoms with Crippen LogP contribution in [0.3, 0.4) is 0 Å². The number of thiazole rings is 1. The molecule has 1 aliphatic heterocycles. The summed E-state index contributed by atoms with van der Waals surface area (Å²) in [4.78, 5) is 10.8. The average Bonchev–Trinajstić information content (AvgIpc) is 2.88. The van der Waals surface area contributed by atoms with E-state index < -0.39 is 0 Å². The zero-order valence-corrected chi connectivity index (χ0v) is 13.6. The first-order chi connectivity index (χ1) is 9.76. The molecule has 20 heavy (non-hydrogen) atoms. The molecule has 0 aromatic carbocycles. The maximum absolute atomic E-state index is 9.39. The summed E-state index contributed by atoms with van der Waals surface area (Å²) in [7, 11) is 0. The number of aliphatic hydroxyl groups is 1. The number of aryl methyl sites for hydroxylation is 1. The Balaban J connectivity index is 1.82. The van der Waals surface area contributed by atoms with Crippen molar-refractivity contribution in [2.45, 2.75) is 39.7 Å². The minimum atomic E-state index is 0.141. The Morgan fingerprint density at radius 2 is 1.80 bits per heavy atom. The molecule has 0 bridgehead atoms. The van der Waals surface area contributed by atoms with Crippen LogP contribution in [0.15, 0.2) is 0 Å². The third-order valence-electron chi connectivity index (χ3n) is 4.01. The lowest BCUT2D eigenvalue weighted by Crippen LogP contribution is -2.46. The maximum Gasteiger partial charge on any atom is 0.0944 e. The van der Waals surface area contributed by atoms with Crippen molar-refractivity contribution in [3.8, 4) is 0 Å². The predicted octanol–water partition coefficient (Wildman–Crippen LogP) is 1.77. The highest BCUT2D eigenvalue weighted by Gasteiger charge is 2.16. The molecule has 0 atom stereocenters. The van der Waals surface area contributed by atoms with Gasteiger partial charge in [0.2, 0.25) is 0 Å². The van der Waals surface area contributed by atoms with Gasteiger partial charge in [0.25, 0.3) is 0 Å². The largest absolute Gasteiger partial charge is 0.391 e. The Bertz CT molecular complexity index is 400. The van der Waals surface area contributed by atoms with Crippen LogP contribution in [-0.4, -0.2) is 59.2 Å². The van der Waals surface area contributed by atoms with E-state index in [1.165, 1.54) is 37.7 Å². The number of nitrogens with zero attached hydrogens (tertiary/aromatic N) is 3. The SMILES string of the molecule is CCCc1nc(CCN2CCN(CC)CC2)sc1CO. The number of likely N-dealkylation sites (N-methyl/N-ethyl adjacent to an activating group) is 1. The first kappa shape index (κ1) is 15.9. The lowest BCUT2D eigenvalue weighted by atomic mass is 10.2. The molecular formula is C15H27N3OS. The summed E-state index contributed by atoms with van der Waals surface area (Å²) in [6.45, 7) is 11.5. The molecule has 4 nitrogen and oxygen atoms in total. The van der Waals surface area contributed by atoms with Crippen molar-refractivity contribution >= 4 is 11.3 Å². The fraction of sp³-hybridized carbons (Fsp3) is 0.800. The molecule has 1 saturated heterocycles. The molecule has 5 heteroatoms. The molecule has 1 fully saturated rings. The fourth-order valence-corrected chi connectivity index (χ4v) is 3.65. The molecule has 2 heterocycles. The van der Waals surface area contributed by atoms with Crippen LogP contribution in [0.4, 0.5) is 0 Å². The molecule has 0 aliphatic carbocycles. The van der Waals surface area contributed by atoms with E-state index in [1.54, 1.807) is 11.3 Å². The van der Waals surface area contributed by atoms with Crippen LogP contribution in [-0.2, 0) is 19.4 Å². The molecule has 2 rings (SSSR count). The third-order valence-corrected chi connectivity index (χ3v) is 5.15. The third kappa shape index (κ3) is 4.25. The number of aromatic nitrogens is 1. The van der Waals surface area contributed by atoms with E-state index in [0.29, 0.717) is 0 Å². The molecule has 0 unspecified atom stereocenters. The summed E-state index contributed by atoms with van der Waals surface area (Å²) in [5.74, 6) is 0. The highest BCUT2D eigenvalue weighted by atomic mass is 32.1. The zero-order chi connectivity index (χ0) is 14.4. The van der Waals surface area contributed by atoms with Crippen LogP contribution < -0.4 is 0 Å². The highest BCUT2D eigenvalue weighted by molar-refractivity contribution is 7.11. The van der Waals surface area contributed by atoms with Crippen LogP contribution in [0.25, 0.3) is 0 Å². The van der Waals surface area contributed by atoms with E-state index in [-0.39, 0.29) is 6.61 Å². The minimum absolute atomic E-state index is 0.141. The Kier molecular flexibility index (Phi) is 6.42. The molecule has 0 saturated carbocycles. The van der Waals surface area contributed by atoms with E-state index in [2.05, 4.69) is 23.6 Å². The van der Waals surface area contributed by atoms with Crippen LogP contribution in [0, 0.1) is 0 Å². The fourth-order valence-electron chi connectivity index (χ4n) is 2.68. The number of rotatable bonds is 7. The number of aliphatic hydroxyl groups excluding tert-OH is 1. The Hall–Kier alpha value is -0.490. The second kappa shape index (κ2) is 8.08. The highest BCUT2D eigenvalue weighted by Crippen LogP contribution is 2.21. The van der Waals surface area contributed by atoms with Crippen molar-refractivity contribution in [2.24, 2.45) is 0 Å². The van der Waals surface area contributed by atoms with Gasteiger partial charge in [-0.1, -0.05) is 20.3 Å². The monoisotopic (exact) mass is 297 g/mol. The summed E-state index contributed by atoms with van der Waals surface area (Å²) in [5.41, 5.74) is 1.12. The van der Waals surface area contributed by atoms with Gasteiger partial charge in [0.15, 0.2) is 0 Å². The van der Waals surface area contributed by atoms with Gasteiger partial charge >= 0.3 is 0 Å². The van der Waals surface area contributed by atoms with Crippen molar-refractivity contribution < 1.29 is 5.11 Å². The lowest BCUT2D eigenvalue weighted by molar-refractivity contribution is 0.138. The van der Waals surface area contributed by atoms with Gasteiger partial charge < -0.3 is 14.9 Å². The van der Waals surface area contributed by atoms with E-state index >= 15 is 0 Å². The van der Waals surface area contributed by atoms with E-state index in [0.717, 1.165) is 36.4 Å². The normalized spacial score (nSPS) is 17.8. The average molecular weight is 297 g/mol. The molecule has 1 aromatic heterocycles. The molecular weight excluding hydrogens is 270 g/mol. The Labute approximate surface area is 126 Å². The summed E-state index contributed by atoms with van der Waals surface area (Å²) < 4.78 is 0. The van der Waals surface area contributed by atoms with Gasteiger partial charge in [-0.25, -0.2) is 4.98 Å². The summed E-state index contributed by atoms with van der Waals surface area (Å²) in [6.07, 6.45) is 3.10. The van der Waals surface area contributed by atoms with Gasteiger partial charge in [-0.2, -0.15) is 0 Å². The van der Waals surface area contributed by atoms with Crippen LogP contribution in [0.1, 0.15) is 35.8 Å². The smallest absolute Gasteiger partial charge is 0.0944 e. The molecule has 114 valence electrons. The van der Waals surface area contributed by atoms with Gasteiger partial charge in [0.05, 0.1) is 22.2 Å². The number of hydrogen-bond acceptors (Lipinski definition) is 5. The van der Waals surface area contributed by atoms with E-state index in [1.807, 2.05) is 0 Å². The summed E-state index contributed by atoms with van der Waals surface area (Å²) in [6, 6.07) is 0. The van der Waals surface area contributed by atoms with Crippen molar-refractivity contribution in [2.75, 3.05) is 39.3 Å². The first-order valence-corrected chi connectivity index (χ1v) is 8.61. The van der Waals surface area contributed by atoms with E-state index in [4.69, 9.17) is 4.98 Å². The van der Waals surface area contributed by atoms with Crippen molar-refractivity contribution in [1.29, 1.82) is 0 Å². The molecule has 0 radical (unpaired) electrons. The quantitative estimate of drug-likeness (QED) is 0.832. The van der Waals surface area contributed by atoms with Crippen LogP contribution in [0.2, 0.25) is 0 Å². The van der Waals surface area contributed by atoms with Crippen LogP contribution in [0.5, 0.6) is 0 Å². The second-order valence-corrected chi connectivity index (χ2v) is 6.58. The minimum Gasteiger partial charge on any atom is -0.391 e. The maximum atomic E-state index is 9.39. The zero-order valence-electron chi connectivity index (χ0n) is 12.8. The number of piperazine rings is 1. The van der Waals surface area contributed by atoms with E-state index in [9.17, 15) is 5.11 Å². The van der Waals surface area contributed by atoms with Gasteiger partial charge in [0.1, 0.15) is 0 Å². The number of hydrogen-bond donors (Lipinski definition) is 1. The van der Waals surface area contributed by atoms with Crippen molar-refractivity contribution in [3.63, 3.8) is 0 Å². The van der Waals surface area contributed by atoms with Gasteiger partial charge in [0, 0.05) is 39.1 Å².